The first kappa shape index (κ1) is 12.4. The summed E-state index contributed by atoms with van der Waals surface area (Å²) >= 11 is 0. The van der Waals surface area contributed by atoms with Crippen molar-refractivity contribution in [2.45, 2.75) is 6.92 Å². The van der Waals surface area contributed by atoms with Crippen molar-refractivity contribution in [3.63, 3.8) is 0 Å². The molecule has 2 aromatic carbocycles. The molecule has 2 heterocycles. The van der Waals surface area contributed by atoms with Crippen molar-refractivity contribution in [3.05, 3.63) is 35.9 Å². The molecule has 4 nitrogen and oxygen atoms in total. The van der Waals surface area contributed by atoms with Crippen LogP contribution in [-0.4, -0.2) is 26.4 Å². The molecule has 0 fully saturated rings. The average molecular weight is 284 g/mol. The second-order valence-corrected chi connectivity index (χ2v) is 5.11. The summed E-state index contributed by atoms with van der Waals surface area (Å²) in [5, 5.41) is 0. The molecule has 0 radical (unpaired) electrons. The normalized spacial score (nSPS) is 15.7. The molecule has 2 aliphatic heterocycles. The lowest BCUT2D eigenvalue weighted by Gasteiger charge is -2.25. The van der Waals surface area contributed by atoms with E-state index >= 15 is 0 Å². The van der Waals surface area contributed by atoms with E-state index in [9.17, 15) is 0 Å². The predicted molar refractivity (Wildman–Crippen MR) is 78.6 cm³/mol. The average Bonchev–Trinajstić information content (AvgIpc) is 2.54. The van der Waals surface area contributed by atoms with Gasteiger partial charge in [0.2, 0.25) is 0 Å². The van der Waals surface area contributed by atoms with E-state index in [1.807, 2.05) is 30.3 Å². The van der Waals surface area contributed by atoms with Crippen LogP contribution < -0.4 is 18.9 Å². The van der Waals surface area contributed by atoms with Gasteiger partial charge in [-0.05, 0) is 24.6 Å². The Hall–Kier alpha value is -2.36. The van der Waals surface area contributed by atoms with Crippen molar-refractivity contribution in [1.82, 2.24) is 0 Å². The van der Waals surface area contributed by atoms with Gasteiger partial charge in [-0.1, -0.05) is 18.2 Å². The minimum atomic E-state index is 0.565. The Labute approximate surface area is 123 Å². The number of para-hydroxylation sites is 1. The second-order valence-electron chi connectivity index (χ2n) is 5.11. The van der Waals surface area contributed by atoms with Crippen molar-refractivity contribution in [2.24, 2.45) is 0 Å². The summed E-state index contributed by atoms with van der Waals surface area (Å²) < 4.78 is 23.1. The Balaban J connectivity index is 1.95. The SMILES string of the molecule is Cc1ccc2c(c1-c1cccc3c1OCCO3)OCCO2. The summed E-state index contributed by atoms with van der Waals surface area (Å²) in [5.41, 5.74) is 3.14. The van der Waals surface area contributed by atoms with Gasteiger partial charge in [-0.25, -0.2) is 0 Å². The quantitative estimate of drug-likeness (QED) is 0.806. The molecule has 0 unspecified atom stereocenters. The molecule has 0 spiro atoms. The van der Waals surface area contributed by atoms with E-state index in [2.05, 4.69) is 6.92 Å². The highest BCUT2D eigenvalue weighted by Crippen LogP contribution is 2.48. The minimum Gasteiger partial charge on any atom is -0.486 e. The number of hydrogen-bond donors (Lipinski definition) is 0. The van der Waals surface area contributed by atoms with Crippen LogP contribution in [0.2, 0.25) is 0 Å². The second kappa shape index (κ2) is 4.88. The molecule has 0 amide bonds. The van der Waals surface area contributed by atoms with Gasteiger partial charge in [0.05, 0.1) is 0 Å². The van der Waals surface area contributed by atoms with E-state index in [1.54, 1.807) is 0 Å². The first-order chi connectivity index (χ1) is 10.3. The van der Waals surface area contributed by atoms with Crippen LogP contribution >= 0.6 is 0 Å². The molecule has 0 saturated carbocycles. The van der Waals surface area contributed by atoms with Gasteiger partial charge in [-0.2, -0.15) is 0 Å². The highest BCUT2D eigenvalue weighted by molar-refractivity contribution is 5.83. The van der Waals surface area contributed by atoms with E-state index < -0.39 is 0 Å². The smallest absolute Gasteiger partial charge is 0.169 e. The molecular formula is C17H16O4. The lowest BCUT2D eigenvalue weighted by atomic mass is 9.97. The first-order valence-electron chi connectivity index (χ1n) is 7.13. The number of benzene rings is 2. The van der Waals surface area contributed by atoms with Crippen LogP contribution in [0, 0.1) is 6.92 Å². The zero-order chi connectivity index (χ0) is 14.2. The van der Waals surface area contributed by atoms with Crippen LogP contribution in [0.25, 0.3) is 11.1 Å². The molecule has 21 heavy (non-hydrogen) atoms. The standard InChI is InChI=1S/C17H16O4/c1-11-5-6-14-17(21-10-8-19-14)15(11)12-3-2-4-13-16(12)20-9-7-18-13/h2-6H,7-10H2,1H3. The maximum Gasteiger partial charge on any atom is 0.169 e. The van der Waals surface area contributed by atoms with E-state index in [0.717, 1.165) is 39.7 Å². The fraction of sp³-hybridized carbons (Fsp3) is 0.294. The maximum atomic E-state index is 5.86. The van der Waals surface area contributed by atoms with Crippen LogP contribution in [0.3, 0.4) is 0 Å². The van der Waals surface area contributed by atoms with Gasteiger partial charge < -0.3 is 18.9 Å². The number of rotatable bonds is 1. The molecule has 2 aromatic rings. The van der Waals surface area contributed by atoms with E-state index in [0.29, 0.717) is 26.4 Å². The Morgan fingerprint density at radius 1 is 0.714 bits per heavy atom. The molecule has 0 aliphatic carbocycles. The highest BCUT2D eigenvalue weighted by atomic mass is 16.6. The van der Waals surface area contributed by atoms with Crippen LogP contribution in [-0.2, 0) is 0 Å². The molecule has 0 bridgehead atoms. The number of ether oxygens (including phenoxy) is 4. The van der Waals surface area contributed by atoms with Crippen molar-refractivity contribution < 1.29 is 18.9 Å². The lowest BCUT2D eigenvalue weighted by Crippen LogP contribution is -2.18. The summed E-state index contributed by atoms with van der Waals surface area (Å²) in [5.74, 6) is 3.15. The predicted octanol–water partition coefficient (Wildman–Crippen LogP) is 3.20. The van der Waals surface area contributed by atoms with Gasteiger partial charge in [0, 0.05) is 11.1 Å². The van der Waals surface area contributed by atoms with E-state index in [1.165, 1.54) is 0 Å². The largest absolute Gasteiger partial charge is 0.486 e. The van der Waals surface area contributed by atoms with Crippen LogP contribution in [0.5, 0.6) is 23.0 Å². The van der Waals surface area contributed by atoms with Crippen molar-refractivity contribution in [2.75, 3.05) is 26.4 Å². The van der Waals surface area contributed by atoms with Gasteiger partial charge >= 0.3 is 0 Å². The van der Waals surface area contributed by atoms with E-state index in [4.69, 9.17) is 18.9 Å². The fourth-order valence-electron chi connectivity index (χ4n) is 2.82. The summed E-state index contributed by atoms with van der Waals surface area (Å²) in [7, 11) is 0. The zero-order valence-corrected chi connectivity index (χ0v) is 11.8. The highest BCUT2D eigenvalue weighted by Gasteiger charge is 2.24. The Morgan fingerprint density at radius 3 is 2.19 bits per heavy atom. The number of aryl methyl sites for hydroxylation is 1. The summed E-state index contributed by atoms with van der Waals surface area (Å²) in [6.07, 6.45) is 0. The first-order valence-corrected chi connectivity index (χ1v) is 7.13. The maximum absolute atomic E-state index is 5.86. The third-order valence-corrected chi connectivity index (χ3v) is 3.75. The molecule has 108 valence electrons. The third kappa shape index (κ3) is 1.98. The van der Waals surface area contributed by atoms with Crippen LogP contribution in [0.4, 0.5) is 0 Å². The van der Waals surface area contributed by atoms with Crippen molar-refractivity contribution >= 4 is 0 Å². The lowest BCUT2D eigenvalue weighted by molar-refractivity contribution is 0.169. The molecule has 0 aromatic heterocycles. The van der Waals surface area contributed by atoms with Gasteiger partial charge in [0.25, 0.3) is 0 Å². The monoisotopic (exact) mass is 284 g/mol. The molecular weight excluding hydrogens is 268 g/mol. The number of fused-ring (bicyclic) bond motifs is 2. The summed E-state index contributed by atoms with van der Waals surface area (Å²) in [4.78, 5) is 0. The minimum absolute atomic E-state index is 0.565. The third-order valence-electron chi connectivity index (χ3n) is 3.75. The Kier molecular flexibility index (Phi) is 2.88. The molecule has 2 aliphatic rings. The van der Waals surface area contributed by atoms with Crippen LogP contribution in [0.15, 0.2) is 30.3 Å². The molecule has 0 N–H and O–H groups in total. The molecule has 4 rings (SSSR count). The number of hydrogen-bond acceptors (Lipinski definition) is 4. The van der Waals surface area contributed by atoms with Gasteiger partial charge in [0.15, 0.2) is 23.0 Å². The van der Waals surface area contributed by atoms with Gasteiger partial charge in [-0.15, -0.1) is 0 Å². The van der Waals surface area contributed by atoms with Gasteiger partial charge in [0.1, 0.15) is 26.4 Å². The van der Waals surface area contributed by atoms with Crippen molar-refractivity contribution in [3.8, 4) is 34.1 Å². The molecule has 4 heteroatoms. The Morgan fingerprint density at radius 2 is 1.38 bits per heavy atom. The van der Waals surface area contributed by atoms with Crippen molar-refractivity contribution in [1.29, 1.82) is 0 Å². The molecule has 0 saturated heterocycles. The summed E-state index contributed by atoms with van der Waals surface area (Å²) in [6.45, 7) is 4.37. The van der Waals surface area contributed by atoms with E-state index in [-0.39, 0.29) is 0 Å². The van der Waals surface area contributed by atoms with Gasteiger partial charge in [-0.3, -0.25) is 0 Å². The topological polar surface area (TPSA) is 36.9 Å². The fourth-order valence-corrected chi connectivity index (χ4v) is 2.82. The zero-order valence-electron chi connectivity index (χ0n) is 11.8. The summed E-state index contributed by atoms with van der Waals surface area (Å²) in [6, 6.07) is 9.95. The van der Waals surface area contributed by atoms with Crippen LogP contribution in [0.1, 0.15) is 5.56 Å². The Bertz CT molecular complexity index is 693. The molecule has 0 atom stereocenters.